The van der Waals surface area contributed by atoms with E-state index in [2.05, 4.69) is 60.3 Å². The Morgan fingerprint density at radius 1 is 0.875 bits per heavy atom. The van der Waals surface area contributed by atoms with Crippen molar-refractivity contribution >= 4 is 5.97 Å². The highest BCUT2D eigenvalue weighted by atomic mass is 16.8. The maximum Gasteiger partial charge on any atom is 0.308 e. The van der Waals surface area contributed by atoms with Gasteiger partial charge in [-0.1, -0.05) is 67.7 Å². The summed E-state index contributed by atoms with van der Waals surface area (Å²) in [6, 6.07) is 0. The highest BCUT2D eigenvalue weighted by molar-refractivity contribution is 5.69. The Hall–Kier alpha value is -2.03. The second-order valence-electron chi connectivity index (χ2n) is 7.53. The van der Waals surface area contributed by atoms with Crippen molar-refractivity contribution in [3.63, 3.8) is 0 Å². The molecule has 0 spiro atoms. The monoisotopic (exact) mass is 450 g/mol. The highest BCUT2D eigenvalue weighted by Gasteiger charge is 2.53. The fourth-order valence-electron chi connectivity index (χ4n) is 2.90. The third-order valence-corrected chi connectivity index (χ3v) is 4.73. The molecule has 32 heavy (non-hydrogen) atoms. The zero-order valence-electron chi connectivity index (χ0n) is 18.9. The minimum Gasteiger partial charge on any atom is -0.463 e. The second-order valence-corrected chi connectivity index (χ2v) is 7.53. The van der Waals surface area contributed by atoms with Crippen molar-refractivity contribution in [3.8, 4) is 0 Å². The van der Waals surface area contributed by atoms with E-state index in [9.17, 15) is 25.2 Å². The van der Waals surface area contributed by atoms with Gasteiger partial charge in [0, 0.05) is 6.42 Å². The molecule has 1 saturated heterocycles. The van der Waals surface area contributed by atoms with Crippen molar-refractivity contribution in [2.24, 2.45) is 0 Å². The first kappa shape index (κ1) is 28.0. The van der Waals surface area contributed by atoms with Gasteiger partial charge in [0.2, 0.25) is 0 Å². The standard InChI is InChI=1S/C25H38O7/c1-2-3-4-5-6-7-8-9-10-11-12-13-14-15-16-17-18-19-22(26)31-20-21-23(27)24(28)25(29,30)32-21/h3-4,6-7,9-10,12-13,15-16,21,23-24,27-30H,2,5,8,11,14,17-20H2,1H3/t21-,23-,24-/m1/s1. The van der Waals surface area contributed by atoms with Crippen LogP contribution in [-0.4, -0.2) is 57.3 Å². The molecular weight excluding hydrogens is 412 g/mol. The zero-order chi connectivity index (χ0) is 23.7. The third-order valence-electron chi connectivity index (χ3n) is 4.73. The normalized spacial score (nSPS) is 23.6. The number of allylic oxidation sites excluding steroid dienone is 10. The summed E-state index contributed by atoms with van der Waals surface area (Å²) in [7, 11) is 0. The number of hydrogen-bond acceptors (Lipinski definition) is 7. The van der Waals surface area contributed by atoms with Gasteiger partial charge in [0.1, 0.15) is 18.8 Å². The van der Waals surface area contributed by atoms with Crippen LogP contribution in [-0.2, 0) is 14.3 Å². The first-order valence-electron chi connectivity index (χ1n) is 11.3. The van der Waals surface area contributed by atoms with Crippen molar-refractivity contribution < 1.29 is 34.7 Å². The van der Waals surface area contributed by atoms with Crippen molar-refractivity contribution in [2.45, 2.75) is 82.6 Å². The van der Waals surface area contributed by atoms with Gasteiger partial charge in [-0.15, -0.1) is 0 Å². The number of ether oxygens (including phenoxy) is 2. The molecule has 1 aliphatic heterocycles. The van der Waals surface area contributed by atoms with Crippen molar-refractivity contribution in [1.82, 2.24) is 0 Å². The van der Waals surface area contributed by atoms with Gasteiger partial charge in [0.15, 0.2) is 6.10 Å². The van der Waals surface area contributed by atoms with Crippen LogP contribution in [0.25, 0.3) is 0 Å². The van der Waals surface area contributed by atoms with Gasteiger partial charge in [0.25, 0.3) is 0 Å². The fraction of sp³-hybridized carbons (Fsp3) is 0.560. The third kappa shape index (κ3) is 12.1. The molecular formula is C25H38O7. The lowest BCUT2D eigenvalue weighted by Gasteiger charge is -2.17. The topological polar surface area (TPSA) is 116 Å². The van der Waals surface area contributed by atoms with E-state index in [0.717, 1.165) is 38.5 Å². The largest absolute Gasteiger partial charge is 0.463 e. The lowest BCUT2D eigenvalue weighted by Crippen LogP contribution is -2.42. The second kappa shape index (κ2) is 16.6. The fourth-order valence-corrected chi connectivity index (χ4v) is 2.90. The Morgan fingerprint density at radius 3 is 1.84 bits per heavy atom. The highest BCUT2D eigenvalue weighted by Crippen LogP contribution is 2.27. The summed E-state index contributed by atoms with van der Waals surface area (Å²) in [5.41, 5.74) is 0. The molecule has 0 bridgehead atoms. The molecule has 1 fully saturated rings. The Morgan fingerprint density at radius 2 is 1.38 bits per heavy atom. The Balaban J connectivity index is 2.01. The molecule has 0 aromatic heterocycles. The van der Waals surface area contributed by atoms with Gasteiger partial charge >= 0.3 is 11.9 Å². The van der Waals surface area contributed by atoms with E-state index in [0.29, 0.717) is 6.42 Å². The summed E-state index contributed by atoms with van der Waals surface area (Å²) in [5, 5.41) is 37.6. The van der Waals surface area contributed by atoms with E-state index < -0.39 is 30.3 Å². The number of aliphatic hydroxyl groups is 4. The molecule has 0 radical (unpaired) electrons. The zero-order valence-corrected chi connectivity index (χ0v) is 18.9. The Labute approximate surface area is 191 Å². The quantitative estimate of drug-likeness (QED) is 0.131. The molecule has 180 valence electrons. The van der Waals surface area contributed by atoms with E-state index in [1.165, 1.54) is 0 Å². The van der Waals surface area contributed by atoms with E-state index in [1.807, 2.05) is 12.2 Å². The predicted octanol–water partition coefficient (Wildman–Crippen LogP) is 3.21. The van der Waals surface area contributed by atoms with Crippen LogP contribution in [0.3, 0.4) is 0 Å². The molecule has 0 aromatic rings. The molecule has 7 nitrogen and oxygen atoms in total. The number of carbonyl (C=O) groups is 1. The first-order valence-corrected chi connectivity index (χ1v) is 11.3. The van der Waals surface area contributed by atoms with E-state index in [1.54, 1.807) is 0 Å². The average Bonchev–Trinajstić information content (AvgIpc) is 2.96. The van der Waals surface area contributed by atoms with Crippen molar-refractivity contribution in [1.29, 1.82) is 0 Å². The van der Waals surface area contributed by atoms with Crippen LogP contribution < -0.4 is 0 Å². The molecule has 1 rings (SSSR count). The minimum absolute atomic E-state index is 0.197. The molecule has 0 amide bonds. The molecule has 0 aliphatic carbocycles. The first-order chi connectivity index (χ1) is 15.4. The Kier molecular flexibility index (Phi) is 14.5. The van der Waals surface area contributed by atoms with E-state index >= 15 is 0 Å². The molecule has 3 atom stereocenters. The van der Waals surface area contributed by atoms with Gasteiger partial charge in [-0.25, -0.2) is 0 Å². The summed E-state index contributed by atoms with van der Waals surface area (Å²) in [4.78, 5) is 11.7. The van der Waals surface area contributed by atoms with Gasteiger partial charge in [-0.3, -0.25) is 4.79 Å². The van der Waals surface area contributed by atoms with Crippen LogP contribution in [0.4, 0.5) is 0 Å². The number of carbonyl (C=O) groups excluding carboxylic acids is 1. The van der Waals surface area contributed by atoms with Crippen LogP contribution in [0.5, 0.6) is 0 Å². The SMILES string of the molecule is CCC=CCC=CCC=CCC=CCC=CCCCC(=O)OC[C@H]1OC(O)(O)[C@H](O)[C@@H]1O. The maximum absolute atomic E-state index is 11.7. The van der Waals surface area contributed by atoms with E-state index in [-0.39, 0.29) is 13.0 Å². The molecule has 0 saturated carbocycles. The summed E-state index contributed by atoms with van der Waals surface area (Å²) < 4.78 is 9.63. The van der Waals surface area contributed by atoms with Crippen LogP contribution in [0.1, 0.15) is 58.3 Å². The minimum atomic E-state index is -2.84. The summed E-state index contributed by atoms with van der Waals surface area (Å²) >= 11 is 0. The number of aliphatic hydroxyl groups excluding tert-OH is 2. The van der Waals surface area contributed by atoms with E-state index in [4.69, 9.17) is 4.74 Å². The van der Waals surface area contributed by atoms with Gasteiger partial charge in [-0.05, 0) is 44.9 Å². The number of rotatable bonds is 15. The van der Waals surface area contributed by atoms with Crippen LogP contribution in [0.2, 0.25) is 0 Å². The molecule has 7 heteroatoms. The lowest BCUT2D eigenvalue weighted by atomic mass is 10.1. The van der Waals surface area contributed by atoms with Gasteiger partial charge < -0.3 is 29.9 Å². The van der Waals surface area contributed by atoms with Gasteiger partial charge in [-0.2, -0.15) is 0 Å². The van der Waals surface area contributed by atoms with Crippen LogP contribution in [0.15, 0.2) is 60.8 Å². The smallest absolute Gasteiger partial charge is 0.308 e. The molecule has 1 heterocycles. The molecule has 4 N–H and O–H groups in total. The summed E-state index contributed by atoms with van der Waals surface area (Å²) in [5.74, 6) is -3.31. The van der Waals surface area contributed by atoms with Crippen molar-refractivity contribution in [3.05, 3.63) is 60.8 Å². The summed E-state index contributed by atoms with van der Waals surface area (Å²) in [6.45, 7) is 1.77. The molecule has 0 unspecified atom stereocenters. The summed E-state index contributed by atoms with van der Waals surface area (Å²) in [6.07, 6.45) is 23.0. The number of unbranched alkanes of at least 4 members (excludes halogenated alkanes) is 1. The Bertz CT molecular complexity index is 661. The number of esters is 1. The van der Waals surface area contributed by atoms with Crippen LogP contribution >= 0.6 is 0 Å². The molecule has 1 aliphatic rings. The van der Waals surface area contributed by atoms with Crippen LogP contribution in [0, 0.1) is 0 Å². The predicted molar refractivity (Wildman–Crippen MR) is 123 cm³/mol. The number of hydrogen-bond donors (Lipinski definition) is 4. The van der Waals surface area contributed by atoms with Gasteiger partial charge in [0.05, 0.1) is 0 Å². The van der Waals surface area contributed by atoms with Crippen molar-refractivity contribution in [2.75, 3.05) is 6.61 Å². The molecule has 0 aromatic carbocycles. The average molecular weight is 451 g/mol. The maximum atomic E-state index is 11.7. The lowest BCUT2D eigenvalue weighted by molar-refractivity contribution is -0.355.